The number of amides is 1. The fraction of sp³-hybridized carbons (Fsp3) is 0.333. The summed E-state index contributed by atoms with van der Waals surface area (Å²) in [6.07, 6.45) is 0.926. The minimum Gasteiger partial charge on any atom is -0.494 e. The van der Waals surface area contributed by atoms with E-state index in [0.717, 1.165) is 40.5 Å². The lowest BCUT2D eigenvalue weighted by molar-refractivity contribution is -0.121. The van der Waals surface area contributed by atoms with Crippen LogP contribution >= 0.6 is 11.6 Å². The number of rotatable bonds is 8. The number of carbonyl (C=O) groups is 1. The molecule has 2 aromatic carbocycles. The number of benzene rings is 2. The number of nitrogens with one attached hydrogen (secondary N) is 1. The normalized spacial score (nSPS) is 14.7. The number of nitrogens with zero attached hydrogens (tertiary/aromatic N) is 4. The molecule has 9 heteroatoms. The van der Waals surface area contributed by atoms with Crippen LogP contribution in [0.25, 0.3) is 5.69 Å². The number of aliphatic imine (C=N–C) groups is 1. The Morgan fingerprint density at radius 3 is 2.73 bits per heavy atom. The third kappa shape index (κ3) is 4.91. The molecular weight excluding hydrogens is 440 g/mol. The molecular formula is C24H27ClN6O2. The number of aromatic nitrogens is 3. The summed E-state index contributed by atoms with van der Waals surface area (Å²) >= 11 is 6.14. The number of nitrogens with two attached hydrogens (primary N) is 1. The first-order chi connectivity index (χ1) is 16.0. The van der Waals surface area contributed by atoms with Gasteiger partial charge in [-0.25, -0.2) is 0 Å². The van der Waals surface area contributed by atoms with Crippen LogP contribution in [0, 0.1) is 6.92 Å². The van der Waals surface area contributed by atoms with Crippen LogP contribution in [0.4, 0.5) is 0 Å². The zero-order chi connectivity index (χ0) is 23.4. The van der Waals surface area contributed by atoms with Crippen LogP contribution in [0.1, 0.15) is 48.6 Å². The maximum atomic E-state index is 12.5. The first kappa shape index (κ1) is 22.9. The van der Waals surface area contributed by atoms with E-state index < -0.39 is 6.04 Å². The molecule has 1 aliphatic rings. The van der Waals surface area contributed by atoms with Gasteiger partial charge in [0.05, 0.1) is 24.4 Å². The fourth-order valence-electron chi connectivity index (χ4n) is 3.86. The van der Waals surface area contributed by atoms with E-state index in [2.05, 4.69) is 15.5 Å². The number of hydrogen-bond acceptors (Lipinski definition) is 6. The molecule has 0 saturated carbocycles. The van der Waals surface area contributed by atoms with Crippen molar-refractivity contribution < 1.29 is 9.53 Å². The highest BCUT2D eigenvalue weighted by Crippen LogP contribution is 2.34. The number of hydrogen-bond donors (Lipinski definition) is 2. The summed E-state index contributed by atoms with van der Waals surface area (Å²) in [6, 6.07) is 12.9. The van der Waals surface area contributed by atoms with Crippen molar-refractivity contribution in [3.63, 3.8) is 0 Å². The van der Waals surface area contributed by atoms with Crippen LogP contribution < -0.4 is 15.8 Å². The van der Waals surface area contributed by atoms with Crippen molar-refractivity contribution in [3.8, 4) is 11.4 Å². The fourth-order valence-corrected chi connectivity index (χ4v) is 3.98. The van der Waals surface area contributed by atoms with Gasteiger partial charge in [0.25, 0.3) is 0 Å². The second kappa shape index (κ2) is 10.1. The molecule has 0 saturated heterocycles. The summed E-state index contributed by atoms with van der Waals surface area (Å²) in [5.41, 5.74) is 8.98. The Balaban J connectivity index is 1.88. The minimum atomic E-state index is -0.502. The first-order valence-corrected chi connectivity index (χ1v) is 11.4. The Hall–Kier alpha value is -3.23. The van der Waals surface area contributed by atoms with E-state index in [9.17, 15) is 4.79 Å². The Bertz CT molecular complexity index is 1170. The van der Waals surface area contributed by atoms with Crippen LogP contribution in [-0.2, 0) is 4.79 Å². The Labute approximate surface area is 197 Å². The largest absolute Gasteiger partial charge is 0.494 e. The van der Waals surface area contributed by atoms with Gasteiger partial charge in [0.2, 0.25) is 5.91 Å². The molecule has 4 rings (SSSR count). The molecule has 3 aromatic rings. The molecule has 1 aromatic heterocycles. The van der Waals surface area contributed by atoms with E-state index in [1.807, 2.05) is 60.9 Å². The van der Waals surface area contributed by atoms with Crippen LogP contribution in [0.3, 0.4) is 0 Å². The van der Waals surface area contributed by atoms with Crippen molar-refractivity contribution >= 4 is 23.2 Å². The molecule has 2 heterocycles. The van der Waals surface area contributed by atoms with Gasteiger partial charge in [-0.15, -0.1) is 10.2 Å². The monoisotopic (exact) mass is 466 g/mol. The van der Waals surface area contributed by atoms with Gasteiger partial charge in [0.1, 0.15) is 17.6 Å². The molecule has 1 aliphatic heterocycles. The van der Waals surface area contributed by atoms with Crippen LogP contribution in [0.5, 0.6) is 5.75 Å². The van der Waals surface area contributed by atoms with Gasteiger partial charge in [-0.3, -0.25) is 14.4 Å². The second-order valence-corrected chi connectivity index (χ2v) is 8.20. The third-order valence-corrected chi connectivity index (χ3v) is 5.64. The summed E-state index contributed by atoms with van der Waals surface area (Å²) in [5, 5.41) is 12.2. The maximum Gasteiger partial charge on any atom is 0.222 e. The van der Waals surface area contributed by atoms with Crippen molar-refractivity contribution in [3.05, 3.63) is 70.3 Å². The average molecular weight is 467 g/mol. The SMILES string of the molecule is CCNC(=O)C[C@@H]1N=C(c2ccc(Cl)cc2)c2cc(OCCCN)ccc2-n2c(C)nnc21. The van der Waals surface area contributed by atoms with E-state index in [1.54, 1.807) is 0 Å². The predicted octanol–water partition coefficient (Wildman–Crippen LogP) is 3.38. The highest BCUT2D eigenvalue weighted by Gasteiger charge is 2.29. The van der Waals surface area contributed by atoms with E-state index in [-0.39, 0.29) is 12.3 Å². The molecule has 0 fully saturated rings. The molecule has 0 spiro atoms. The second-order valence-electron chi connectivity index (χ2n) is 7.77. The van der Waals surface area contributed by atoms with Crippen molar-refractivity contribution in [1.29, 1.82) is 0 Å². The summed E-state index contributed by atoms with van der Waals surface area (Å²) in [7, 11) is 0. The third-order valence-electron chi connectivity index (χ3n) is 5.38. The van der Waals surface area contributed by atoms with Crippen LogP contribution in [0.2, 0.25) is 5.02 Å². The molecule has 172 valence electrons. The molecule has 0 unspecified atom stereocenters. The van der Waals surface area contributed by atoms with Gasteiger partial charge < -0.3 is 15.8 Å². The molecule has 3 N–H and O–H groups in total. The zero-order valence-electron chi connectivity index (χ0n) is 18.7. The highest BCUT2D eigenvalue weighted by atomic mass is 35.5. The molecule has 1 atom stereocenters. The minimum absolute atomic E-state index is 0.0920. The summed E-state index contributed by atoms with van der Waals surface area (Å²) < 4.78 is 7.89. The van der Waals surface area contributed by atoms with Crippen molar-refractivity contribution in [2.75, 3.05) is 19.7 Å². The first-order valence-electron chi connectivity index (χ1n) is 11.0. The molecule has 0 bridgehead atoms. The Morgan fingerprint density at radius 1 is 1.21 bits per heavy atom. The smallest absolute Gasteiger partial charge is 0.222 e. The average Bonchev–Trinajstić information content (AvgIpc) is 3.12. The van der Waals surface area contributed by atoms with Gasteiger partial charge in [0, 0.05) is 22.7 Å². The van der Waals surface area contributed by atoms with Crippen LogP contribution in [-0.4, -0.2) is 46.1 Å². The van der Waals surface area contributed by atoms with Gasteiger partial charge in [-0.05, 0) is 57.1 Å². The van der Waals surface area contributed by atoms with E-state index in [0.29, 0.717) is 30.5 Å². The number of carbonyl (C=O) groups excluding carboxylic acids is 1. The topological polar surface area (TPSA) is 107 Å². The summed E-state index contributed by atoms with van der Waals surface area (Å²) in [6.45, 7) is 5.42. The Kier molecular flexibility index (Phi) is 7.05. The quantitative estimate of drug-likeness (QED) is 0.495. The van der Waals surface area contributed by atoms with Gasteiger partial charge in [-0.1, -0.05) is 23.7 Å². The highest BCUT2D eigenvalue weighted by molar-refractivity contribution is 6.30. The van der Waals surface area contributed by atoms with Crippen molar-refractivity contribution in [2.45, 2.75) is 32.7 Å². The molecule has 8 nitrogen and oxygen atoms in total. The molecule has 0 aliphatic carbocycles. The lowest BCUT2D eigenvalue weighted by atomic mass is 10.00. The van der Waals surface area contributed by atoms with Crippen LogP contribution in [0.15, 0.2) is 47.5 Å². The lowest BCUT2D eigenvalue weighted by Gasteiger charge is -2.15. The number of ether oxygens (including phenoxy) is 1. The standard InChI is InChI=1S/C24H27ClN6O2/c1-3-27-22(32)14-20-24-30-29-15(2)31(24)21-10-9-18(33-12-4-11-26)13-19(21)23(28-20)16-5-7-17(25)8-6-16/h5-10,13,20H,3-4,11-12,14,26H2,1-2H3,(H,27,32)/t20-/m0/s1. The number of fused-ring (bicyclic) bond motifs is 3. The summed E-state index contributed by atoms with van der Waals surface area (Å²) in [5.74, 6) is 1.97. The predicted molar refractivity (Wildman–Crippen MR) is 128 cm³/mol. The zero-order valence-corrected chi connectivity index (χ0v) is 19.5. The van der Waals surface area contributed by atoms with Crippen molar-refractivity contribution in [2.24, 2.45) is 10.7 Å². The van der Waals surface area contributed by atoms with Gasteiger partial charge >= 0.3 is 0 Å². The van der Waals surface area contributed by atoms with Gasteiger partial charge in [-0.2, -0.15) is 0 Å². The molecule has 0 radical (unpaired) electrons. The van der Waals surface area contributed by atoms with E-state index in [4.69, 9.17) is 27.1 Å². The van der Waals surface area contributed by atoms with E-state index in [1.165, 1.54) is 0 Å². The number of halogens is 1. The molecule has 1 amide bonds. The summed E-state index contributed by atoms with van der Waals surface area (Å²) in [4.78, 5) is 17.6. The maximum absolute atomic E-state index is 12.5. The number of aryl methyl sites for hydroxylation is 1. The Morgan fingerprint density at radius 2 is 2.00 bits per heavy atom. The molecule has 33 heavy (non-hydrogen) atoms. The van der Waals surface area contributed by atoms with Crippen molar-refractivity contribution in [1.82, 2.24) is 20.1 Å². The van der Waals surface area contributed by atoms with Gasteiger partial charge in [0.15, 0.2) is 5.82 Å². The van der Waals surface area contributed by atoms with E-state index >= 15 is 0 Å². The lowest BCUT2D eigenvalue weighted by Crippen LogP contribution is -2.25.